The number of hydrogen-bond donors (Lipinski definition) is 2. The Kier molecular flexibility index (Phi) is 2.89. The smallest absolute Gasteiger partial charge is 0.167 e. The molecule has 0 saturated carbocycles. The third-order valence-electron chi connectivity index (χ3n) is 4.02. The van der Waals surface area contributed by atoms with Crippen LogP contribution in [0.5, 0.6) is 0 Å². The van der Waals surface area contributed by atoms with Crippen molar-refractivity contribution in [1.29, 1.82) is 0 Å². The number of nitrogens with zero attached hydrogens (tertiary/aromatic N) is 4. The van der Waals surface area contributed by atoms with Crippen LogP contribution in [0.4, 0.5) is 5.82 Å². The fourth-order valence-corrected chi connectivity index (χ4v) is 3.13. The Balaban J connectivity index is 1.77. The lowest BCUT2D eigenvalue weighted by Gasteiger charge is -2.24. The van der Waals surface area contributed by atoms with E-state index < -0.39 is 12.0 Å². The number of aromatic nitrogens is 4. The standard InChI is InChI=1S/C13H18N6O3/c1-13(2)21-8-6(3-14)20-12(9(8)22-13)19-5-18-7-10(15)16-4-17-11(7)19/h4-6,8-9,12H,3,14H2,1-2H3,(H2,15,16,17)/t6-,8-,9-,12+/m1/s1. The molecule has 2 aliphatic rings. The van der Waals surface area contributed by atoms with Gasteiger partial charge in [-0.3, -0.25) is 4.57 Å². The van der Waals surface area contributed by atoms with Crippen LogP contribution in [0.3, 0.4) is 0 Å². The van der Waals surface area contributed by atoms with Crippen molar-refractivity contribution in [3.8, 4) is 0 Å². The van der Waals surface area contributed by atoms with E-state index in [1.54, 1.807) is 10.9 Å². The molecule has 2 aromatic rings. The van der Waals surface area contributed by atoms with Gasteiger partial charge in [-0.2, -0.15) is 0 Å². The molecule has 0 aromatic carbocycles. The first-order valence-electron chi connectivity index (χ1n) is 7.14. The number of imidazole rings is 1. The van der Waals surface area contributed by atoms with Crippen molar-refractivity contribution in [3.63, 3.8) is 0 Å². The molecule has 0 bridgehead atoms. The van der Waals surface area contributed by atoms with E-state index in [0.29, 0.717) is 23.5 Å². The third kappa shape index (κ3) is 1.90. The van der Waals surface area contributed by atoms with Crippen LogP contribution in [0.25, 0.3) is 11.2 Å². The van der Waals surface area contributed by atoms with Crippen LogP contribution in [-0.4, -0.2) is 50.2 Å². The summed E-state index contributed by atoms with van der Waals surface area (Å²) in [5, 5.41) is 0. The van der Waals surface area contributed by atoms with Crippen molar-refractivity contribution in [3.05, 3.63) is 12.7 Å². The number of nitrogens with two attached hydrogens (primary N) is 2. The second-order valence-corrected chi connectivity index (χ2v) is 5.95. The predicted molar refractivity (Wildman–Crippen MR) is 76.5 cm³/mol. The van der Waals surface area contributed by atoms with Gasteiger partial charge in [0.15, 0.2) is 23.5 Å². The fraction of sp³-hybridized carbons (Fsp3) is 0.615. The van der Waals surface area contributed by atoms with Crippen molar-refractivity contribution in [2.45, 2.75) is 44.2 Å². The van der Waals surface area contributed by atoms with E-state index in [9.17, 15) is 0 Å². The summed E-state index contributed by atoms with van der Waals surface area (Å²) < 4.78 is 19.7. The summed E-state index contributed by atoms with van der Waals surface area (Å²) in [6, 6.07) is 0. The zero-order chi connectivity index (χ0) is 15.5. The molecule has 4 atom stereocenters. The Morgan fingerprint density at radius 1 is 1.23 bits per heavy atom. The number of rotatable bonds is 2. The normalized spacial score (nSPS) is 33.4. The number of anilines is 1. The fourth-order valence-electron chi connectivity index (χ4n) is 3.13. The zero-order valence-electron chi connectivity index (χ0n) is 12.3. The predicted octanol–water partition coefficient (Wildman–Crippen LogP) is -0.215. The highest BCUT2D eigenvalue weighted by Gasteiger charge is 2.55. The Hall–Kier alpha value is -1.81. The minimum atomic E-state index is -0.671. The van der Waals surface area contributed by atoms with Gasteiger partial charge in [0.1, 0.15) is 30.2 Å². The maximum atomic E-state index is 6.01. The summed E-state index contributed by atoms with van der Waals surface area (Å²) in [5.74, 6) is -0.340. The Labute approximate surface area is 126 Å². The van der Waals surface area contributed by atoms with Gasteiger partial charge in [0, 0.05) is 6.54 Å². The van der Waals surface area contributed by atoms with Gasteiger partial charge in [0.05, 0.1) is 6.33 Å². The molecule has 4 heterocycles. The highest BCUT2D eigenvalue weighted by molar-refractivity contribution is 5.81. The van der Waals surface area contributed by atoms with E-state index >= 15 is 0 Å². The van der Waals surface area contributed by atoms with Crippen LogP contribution in [0, 0.1) is 0 Å². The number of nitrogen functional groups attached to an aromatic ring is 1. The topological polar surface area (TPSA) is 123 Å². The summed E-state index contributed by atoms with van der Waals surface area (Å²) in [4.78, 5) is 12.5. The molecule has 2 fully saturated rings. The van der Waals surface area contributed by atoms with Gasteiger partial charge < -0.3 is 25.7 Å². The summed E-state index contributed by atoms with van der Waals surface area (Å²) in [5.41, 5.74) is 12.8. The number of fused-ring (bicyclic) bond motifs is 2. The van der Waals surface area contributed by atoms with Crippen LogP contribution in [0.1, 0.15) is 20.1 Å². The molecule has 9 nitrogen and oxygen atoms in total. The molecule has 2 aromatic heterocycles. The molecule has 0 spiro atoms. The van der Waals surface area contributed by atoms with Crippen molar-refractivity contribution < 1.29 is 14.2 Å². The van der Waals surface area contributed by atoms with Crippen LogP contribution < -0.4 is 11.5 Å². The summed E-state index contributed by atoms with van der Waals surface area (Å²) in [7, 11) is 0. The van der Waals surface area contributed by atoms with Gasteiger partial charge in [-0.05, 0) is 13.8 Å². The Morgan fingerprint density at radius 3 is 2.77 bits per heavy atom. The molecular formula is C13H18N6O3. The molecule has 2 saturated heterocycles. The minimum absolute atomic E-state index is 0.221. The lowest BCUT2D eigenvalue weighted by atomic mass is 10.1. The highest BCUT2D eigenvalue weighted by atomic mass is 16.8. The van der Waals surface area contributed by atoms with E-state index in [-0.39, 0.29) is 18.3 Å². The molecule has 4 N–H and O–H groups in total. The van der Waals surface area contributed by atoms with Crippen molar-refractivity contribution in [1.82, 2.24) is 19.5 Å². The highest BCUT2D eigenvalue weighted by Crippen LogP contribution is 2.43. The average molecular weight is 306 g/mol. The molecular weight excluding hydrogens is 288 g/mol. The van der Waals surface area contributed by atoms with Crippen LogP contribution in [0.2, 0.25) is 0 Å². The molecule has 0 aliphatic carbocycles. The van der Waals surface area contributed by atoms with Crippen molar-refractivity contribution in [2.75, 3.05) is 12.3 Å². The largest absolute Gasteiger partial charge is 0.382 e. The van der Waals surface area contributed by atoms with Crippen LogP contribution in [0.15, 0.2) is 12.7 Å². The molecule has 4 rings (SSSR count). The first kappa shape index (κ1) is 13.8. The van der Waals surface area contributed by atoms with Gasteiger partial charge in [-0.25, -0.2) is 15.0 Å². The average Bonchev–Trinajstić information content (AvgIpc) is 3.10. The molecule has 118 valence electrons. The van der Waals surface area contributed by atoms with Gasteiger partial charge in [-0.15, -0.1) is 0 Å². The quantitative estimate of drug-likeness (QED) is 0.781. The molecule has 0 radical (unpaired) electrons. The van der Waals surface area contributed by atoms with Gasteiger partial charge in [-0.1, -0.05) is 0 Å². The molecule has 2 aliphatic heterocycles. The first-order valence-corrected chi connectivity index (χ1v) is 7.14. The van der Waals surface area contributed by atoms with E-state index in [1.807, 2.05) is 13.8 Å². The number of hydrogen-bond acceptors (Lipinski definition) is 8. The molecule has 22 heavy (non-hydrogen) atoms. The zero-order valence-corrected chi connectivity index (χ0v) is 12.3. The Bertz CT molecular complexity index is 717. The maximum Gasteiger partial charge on any atom is 0.167 e. The summed E-state index contributed by atoms with van der Waals surface area (Å²) in [6.07, 6.45) is 1.87. The third-order valence-corrected chi connectivity index (χ3v) is 4.02. The second kappa shape index (κ2) is 4.59. The maximum absolute atomic E-state index is 6.01. The van der Waals surface area contributed by atoms with Crippen LogP contribution in [-0.2, 0) is 14.2 Å². The van der Waals surface area contributed by atoms with Crippen molar-refractivity contribution >= 4 is 17.0 Å². The van der Waals surface area contributed by atoms with Gasteiger partial charge in [0.25, 0.3) is 0 Å². The van der Waals surface area contributed by atoms with E-state index in [4.69, 9.17) is 25.7 Å². The van der Waals surface area contributed by atoms with E-state index in [1.165, 1.54) is 6.33 Å². The van der Waals surface area contributed by atoms with Crippen molar-refractivity contribution in [2.24, 2.45) is 5.73 Å². The van der Waals surface area contributed by atoms with E-state index in [2.05, 4.69) is 15.0 Å². The molecule has 9 heteroatoms. The van der Waals surface area contributed by atoms with Gasteiger partial charge >= 0.3 is 0 Å². The summed E-state index contributed by atoms with van der Waals surface area (Å²) >= 11 is 0. The minimum Gasteiger partial charge on any atom is -0.382 e. The number of ether oxygens (including phenoxy) is 3. The van der Waals surface area contributed by atoms with Gasteiger partial charge in [0.2, 0.25) is 0 Å². The lowest BCUT2D eigenvalue weighted by Crippen LogP contribution is -2.34. The lowest BCUT2D eigenvalue weighted by molar-refractivity contribution is -0.195. The SMILES string of the molecule is CC1(C)O[C@@H]2[C@H](O1)[C@@H](CN)O[C@@H]2n1cnc2c(N)ncnc21. The second-order valence-electron chi connectivity index (χ2n) is 5.95. The summed E-state index contributed by atoms with van der Waals surface area (Å²) in [6.45, 7) is 4.10. The monoisotopic (exact) mass is 306 g/mol. The van der Waals surface area contributed by atoms with E-state index in [0.717, 1.165) is 0 Å². The van der Waals surface area contributed by atoms with Crippen LogP contribution >= 0.6 is 0 Å². The molecule has 0 unspecified atom stereocenters. The first-order chi connectivity index (χ1) is 10.5. The Morgan fingerprint density at radius 2 is 2.00 bits per heavy atom. The molecule has 0 amide bonds.